The lowest BCUT2D eigenvalue weighted by Gasteiger charge is -2.15. The molecule has 3 aromatic heterocycles. The molecule has 10 N–H and O–H groups in total. The predicted molar refractivity (Wildman–Crippen MR) is 204 cm³/mol. The van der Waals surface area contributed by atoms with Gasteiger partial charge in [-0.3, -0.25) is 43.0 Å². The highest BCUT2D eigenvalue weighted by atomic mass is 16.6. The second-order valence-electron chi connectivity index (χ2n) is 14.1. The van der Waals surface area contributed by atoms with E-state index in [9.17, 15) is 44.1 Å². The van der Waals surface area contributed by atoms with Crippen LogP contribution in [0.1, 0.15) is 60.2 Å². The van der Waals surface area contributed by atoms with Crippen molar-refractivity contribution in [3.05, 3.63) is 134 Å². The summed E-state index contributed by atoms with van der Waals surface area (Å²) in [4.78, 5) is 76.0. The Morgan fingerprint density at radius 3 is 1.40 bits per heavy atom. The normalized spacial score (nSPS) is 26.0. The number of nitrogens with one attached hydrogen (secondary N) is 3. The van der Waals surface area contributed by atoms with Crippen LogP contribution in [0.5, 0.6) is 0 Å². The number of hydrogen-bond donors (Lipinski definition) is 10. The topological polar surface area (TPSA) is 343 Å². The summed E-state index contributed by atoms with van der Waals surface area (Å²) in [6, 6.07) is 9.51. The monoisotopic (exact) mass is 848 g/mol. The maximum atomic E-state index is 12.0. The fraction of sp³-hybridized carbons (Fsp3) is 0.514. The first-order chi connectivity index (χ1) is 28.7. The Morgan fingerprint density at radius 2 is 0.983 bits per heavy atom. The number of hydrogen-bond acceptors (Lipinski definition) is 17. The molecular weight excluding hydrogens is 800 g/mol. The van der Waals surface area contributed by atoms with E-state index in [0.717, 1.165) is 10.1 Å². The van der Waals surface area contributed by atoms with Crippen molar-refractivity contribution in [3.63, 3.8) is 0 Å². The molecular formula is C37H48N6O17. The number of rotatable bonds is 11. The summed E-state index contributed by atoms with van der Waals surface area (Å²) in [6.45, 7) is 0.423. The van der Waals surface area contributed by atoms with Crippen LogP contribution in [0.3, 0.4) is 0 Å². The fourth-order valence-corrected chi connectivity index (χ4v) is 6.50. The highest BCUT2D eigenvalue weighted by Gasteiger charge is 2.37. The lowest BCUT2D eigenvalue weighted by Crippen LogP contribution is -2.34. The van der Waals surface area contributed by atoms with Crippen LogP contribution in [-0.4, -0.2) is 121 Å². The average molecular weight is 849 g/mol. The van der Waals surface area contributed by atoms with Crippen molar-refractivity contribution in [1.29, 1.82) is 0 Å². The number of benzene rings is 1. The van der Waals surface area contributed by atoms with Crippen LogP contribution in [0.15, 0.2) is 77.7 Å². The number of nitrogens with zero attached hydrogens (tertiary/aromatic N) is 3. The van der Waals surface area contributed by atoms with E-state index in [0.29, 0.717) is 12.2 Å². The van der Waals surface area contributed by atoms with Crippen LogP contribution >= 0.6 is 0 Å². The molecule has 23 heteroatoms. The minimum atomic E-state index is -0.878. The number of H-pyrrole nitrogens is 3. The molecule has 6 heterocycles. The van der Waals surface area contributed by atoms with Crippen LogP contribution in [0.4, 0.5) is 0 Å². The van der Waals surface area contributed by atoms with Gasteiger partial charge in [-0.15, -0.1) is 0 Å². The van der Waals surface area contributed by atoms with Gasteiger partial charge in [0.05, 0.1) is 69.1 Å². The second kappa shape index (κ2) is 20.9. The second-order valence-corrected chi connectivity index (χ2v) is 14.1. The molecule has 4 aromatic rings. The summed E-state index contributed by atoms with van der Waals surface area (Å²) in [7, 11) is 0. The van der Waals surface area contributed by atoms with Gasteiger partial charge in [0.25, 0.3) is 16.7 Å². The Labute approximate surface area is 337 Å². The van der Waals surface area contributed by atoms with E-state index in [4.69, 9.17) is 39.4 Å². The summed E-state index contributed by atoms with van der Waals surface area (Å²) >= 11 is 0. The summed E-state index contributed by atoms with van der Waals surface area (Å²) in [5.41, 5.74) is -1.86. The van der Waals surface area contributed by atoms with Gasteiger partial charge in [0, 0.05) is 43.4 Å². The fourth-order valence-electron chi connectivity index (χ4n) is 6.50. The van der Waals surface area contributed by atoms with Crippen molar-refractivity contribution in [2.24, 2.45) is 0 Å². The van der Waals surface area contributed by atoms with Crippen molar-refractivity contribution in [1.82, 2.24) is 28.7 Å². The number of ether oxygens (including phenoxy) is 4. The summed E-state index contributed by atoms with van der Waals surface area (Å²) in [5.74, 6) is 0. The van der Waals surface area contributed by atoms with Gasteiger partial charge in [0.2, 0.25) is 0 Å². The molecule has 1 aromatic carbocycles. The van der Waals surface area contributed by atoms with Crippen LogP contribution in [0.25, 0.3) is 0 Å². The molecule has 0 radical (unpaired) electrons. The number of aryl methyl sites for hydroxylation is 1. The predicted octanol–water partition coefficient (Wildman–Crippen LogP) is -3.95. The maximum Gasteiger partial charge on any atom is 0.330 e. The number of aromatic amines is 3. The maximum absolute atomic E-state index is 12.0. The van der Waals surface area contributed by atoms with E-state index in [2.05, 4.69) is 15.0 Å². The molecule has 328 valence electrons. The molecule has 3 fully saturated rings. The first kappa shape index (κ1) is 45.9. The molecule has 3 aliphatic rings. The molecule has 0 saturated carbocycles. The third-order valence-corrected chi connectivity index (χ3v) is 9.85. The molecule has 7 rings (SSSR count). The number of aliphatic hydroxyl groups excluding tert-OH is 7. The zero-order valence-corrected chi connectivity index (χ0v) is 32.2. The largest absolute Gasteiger partial charge is 0.394 e. The highest BCUT2D eigenvalue weighted by Crippen LogP contribution is 2.29. The third kappa shape index (κ3) is 11.1. The highest BCUT2D eigenvalue weighted by molar-refractivity contribution is 5.14. The first-order valence-corrected chi connectivity index (χ1v) is 18.7. The minimum absolute atomic E-state index is 0.0279. The summed E-state index contributed by atoms with van der Waals surface area (Å²) in [5, 5.41) is 64.9. The van der Waals surface area contributed by atoms with Gasteiger partial charge < -0.3 is 54.7 Å². The Balaban J connectivity index is 0.000000175. The van der Waals surface area contributed by atoms with Gasteiger partial charge in [-0.2, -0.15) is 0 Å². The summed E-state index contributed by atoms with van der Waals surface area (Å²) < 4.78 is 25.1. The molecule has 3 saturated heterocycles. The van der Waals surface area contributed by atoms with Crippen molar-refractivity contribution in [2.75, 3.05) is 19.8 Å². The van der Waals surface area contributed by atoms with Crippen molar-refractivity contribution < 1.29 is 54.7 Å². The Kier molecular flexibility index (Phi) is 16.0. The van der Waals surface area contributed by atoms with E-state index in [1.165, 1.54) is 27.7 Å². The van der Waals surface area contributed by atoms with E-state index in [1.54, 1.807) is 6.92 Å². The zero-order valence-electron chi connectivity index (χ0n) is 32.2. The van der Waals surface area contributed by atoms with Crippen molar-refractivity contribution >= 4 is 0 Å². The summed E-state index contributed by atoms with van der Waals surface area (Å²) in [6.07, 6.45) is -2.50. The molecule has 23 nitrogen and oxygen atoms in total. The Hall–Kier alpha value is -5.18. The van der Waals surface area contributed by atoms with E-state index >= 15 is 0 Å². The molecule has 60 heavy (non-hydrogen) atoms. The van der Waals surface area contributed by atoms with Gasteiger partial charge in [-0.1, -0.05) is 30.3 Å². The molecule has 0 unspecified atom stereocenters. The van der Waals surface area contributed by atoms with E-state index in [-0.39, 0.29) is 56.8 Å². The van der Waals surface area contributed by atoms with Gasteiger partial charge >= 0.3 is 17.1 Å². The zero-order chi connectivity index (χ0) is 43.7. The minimum Gasteiger partial charge on any atom is -0.394 e. The van der Waals surface area contributed by atoms with Gasteiger partial charge in [-0.25, -0.2) is 14.4 Å². The van der Waals surface area contributed by atoms with Gasteiger partial charge in [0.1, 0.15) is 37.0 Å². The smallest absolute Gasteiger partial charge is 0.330 e. The van der Waals surface area contributed by atoms with Crippen molar-refractivity contribution in [3.8, 4) is 0 Å². The van der Waals surface area contributed by atoms with Crippen molar-refractivity contribution in [2.45, 2.75) is 101 Å². The molecule has 0 bridgehead atoms. The Morgan fingerprint density at radius 1 is 0.583 bits per heavy atom. The van der Waals surface area contributed by atoms with Crippen LogP contribution in [0, 0.1) is 6.92 Å². The standard InChI is InChI=1S/C17H20N2O6.C10H14N2O6.C10H14N2O5/c20-8-14-13(21)6-15(25-14)19-7-12(16(22)18-17(19)23)10-24-9-11-4-2-1-3-5-11;13-3-5-2-12(10(17)11-9(5)16)8-1-6(15)7(4-14)18-8;1-5-3-12(10(16)11-9(5)15)8-2-6(14)7(4-13)17-8/h1-5,7,13-15,20-21H,6,8-10H2,(H,18,22,23);2,6-8,13-15H,1,3-4H2,(H,11,16,17);3,6-8,13-14H,2,4H2,1H3,(H,11,15,16)/t13-,14-,15-;2*6-,7-,8-/m111/s1. The molecule has 0 aliphatic carbocycles. The van der Waals surface area contributed by atoms with Crippen LogP contribution in [0.2, 0.25) is 0 Å². The number of aliphatic hydroxyl groups is 7. The quantitative estimate of drug-likeness (QED) is 0.0688. The molecule has 3 aliphatic heterocycles. The van der Waals surface area contributed by atoms with Crippen LogP contribution < -0.4 is 33.7 Å². The lowest BCUT2D eigenvalue weighted by molar-refractivity contribution is -0.0461. The molecule has 0 amide bonds. The number of aromatic nitrogens is 6. The first-order valence-electron chi connectivity index (χ1n) is 18.7. The van der Waals surface area contributed by atoms with E-state index < -0.39 is 95.7 Å². The van der Waals surface area contributed by atoms with Gasteiger partial charge in [0.15, 0.2) is 0 Å². The Bertz CT molecular complexity index is 2390. The van der Waals surface area contributed by atoms with Gasteiger partial charge in [-0.05, 0) is 12.5 Å². The van der Waals surface area contributed by atoms with E-state index in [1.807, 2.05) is 30.3 Å². The average Bonchev–Trinajstić information content (AvgIpc) is 3.92. The van der Waals surface area contributed by atoms with Crippen LogP contribution in [-0.2, 0) is 38.8 Å². The molecule has 9 atom stereocenters. The SMILES string of the molecule is Cc1cn([C@H]2C[C@@H](O)[C@@H](CO)O2)c(=O)[nH]c1=O.O=c1[nH]c(=O)n([C@H]2C[C@@H](O)[C@@H](CO)O2)cc1CO.O=c1[nH]c(=O)n([C@H]2C[C@@H](O)[C@@H](CO)O2)cc1COCc1ccccc1. The lowest BCUT2D eigenvalue weighted by atomic mass is 10.2. The molecule has 0 spiro atoms. The third-order valence-electron chi connectivity index (χ3n) is 9.85.